The molecule has 0 radical (unpaired) electrons. The van der Waals surface area contributed by atoms with Crippen molar-refractivity contribution >= 4 is 0 Å². The van der Waals surface area contributed by atoms with Crippen LogP contribution in [0.2, 0.25) is 0 Å². The van der Waals surface area contributed by atoms with E-state index < -0.39 is 0 Å². The van der Waals surface area contributed by atoms with E-state index in [-0.39, 0.29) is 6.10 Å². The van der Waals surface area contributed by atoms with Crippen LogP contribution in [-0.2, 0) is 0 Å². The zero-order chi connectivity index (χ0) is 14.7. The smallest absolute Gasteiger partial charge is 0.0639 e. The minimum absolute atomic E-state index is 0.215. The van der Waals surface area contributed by atoms with E-state index in [9.17, 15) is 5.11 Å². The van der Waals surface area contributed by atoms with Crippen LogP contribution >= 0.6 is 0 Å². The molecule has 1 heterocycles. The second-order valence-electron chi connectivity index (χ2n) is 7.06. The molecule has 3 heteroatoms. The summed E-state index contributed by atoms with van der Waals surface area (Å²) in [5.74, 6) is 1.57. The molecule has 0 bridgehead atoms. The molecule has 20 heavy (non-hydrogen) atoms. The van der Waals surface area contributed by atoms with E-state index >= 15 is 0 Å². The van der Waals surface area contributed by atoms with Crippen molar-refractivity contribution in [2.45, 2.75) is 52.7 Å². The Hall–Kier alpha value is -0.380. The molecule has 4 atom stereocenters. The highest BCUT2D eigenvalue weighted by molar-refractivity contribution is 5.09. The number of hydrogen-bond acceptors (Lipinski definition) is 3. The molecule has 0 aromatic heterocycles. The first-order valence-corrected chi connectivity index (χ1v) is 8.28. The van der Waals surface area contributed by atoms with Crippen LogP contribution in [0.25, 0.3) is 0 Å². The highest BCUT2D eigenvalue weighted by atomic mass is 16.3. The summed E-state index contributed by atoms with van der Waals surface area (Å²) in [6.45, 7) is 14.3. The van der Waals surface area contributed by atoms with Crippen LogP contribution in [0.4, 0.5) is 0 Å². The molecule has 3 nitrogen and oxygen atoms in total. The third-order valence-electron chi connectivity index (χ3n) is 5.16. The van der Waals surface area contributed by atoms with Crippen molar-refractivity contribution in [3.8, 4) is 0 Å². The minimum Gasteiger partial charge on any atom is -0.392 e. The summed E-state index contributed by atoms with van der Waals surface area (Å²) in [5.41, 5.74) is 1.60. The topological polar surface area (TPSA) is 26.7 Å². The van der Waals surface area contributed by atoms with Gasteiger partial charge in [-0.1, -0.05) is 18.6 Å². The Morgan fingerprint density at radius 1 is 1.35 bits per heavy atom. The normalized spacial score (nSPS) is 34.9. The molecule has 2 rings (SSSR count). The quantitative estimate of drug-likeness (QED) is 0.801. The van der Waals surface area contributed by atoms with Crippen LogP contribution in [0, 0.1) is 11.8 Å². The van der Waals surface area contributed by atoms with Crippen LogP contribution < -0.4 is 0 Å². The molecule has 0 aromatic carbocycles. The van der Waals surface area contributed by atoms with Crippen LogP contribution in [0.3, 0.4) is 0 Å². The molecule has 1 fully saturated rings. The van der Waals surface area contributed by atoms with Gasteiger partial charge < -0.3 is 5.11 Å². The van der Waals surface area contributed by atoms with Crippen molar-refractivity contribution in [1.29, 1.82) is 0 Å². The molecular formula is C17H32N2O. The Labute approximate surface area is 124 Å². The van der Waals surface area contributed by atoms with Crippen molar-refractivity contribution in [2.24, 2.45) is 11.8 Å². The summed E-state index contributed by atoms with van der Waals surface area (Å²) < 4.78 is 0. The first kappa shape index (κ1) is 16.0. The molecule has 1 aliphatic heterocycles. The third kappa shape index (κ3) is 4.06. The summed E-state index contributed by atoms with van der Waals surface area (Å²) in [7, 11) is 0. The van der Waals surface area contributed by atoms with Gasteiger partial charge in [0, 0.05) is 38.8 Å². The Kier molecular flexibility index (Phi) is 5.65. The van der Waals surface area contributed by atoms with Crippen molar-refractivity contribution in [3.05, 3.63) is 11.6 Å². The average molecular weight is 280 g/mol. The van der Waals surface area contributed by atoms with Gasteiger partial charge in [-0.2, -0.15) is 0 Å². The second kappa shape index (κ2) is 7.06. The molecule has 0 amide bonds. The fourth-order valence-electron chi connectivity index (χ4n) is 3.82. The molecular weight excluding hydrogens is 248 g/mol. The van der Waals surface area contributed by atoms with E-state index in [0.29, 0.717) is 6.04 Å². The lowest BCUT2D eigenvalue weighted by Crippen LogP contribution is -2.54. The predicted octanol–water partition coefficient (Wildman–Crippen LogP) is 2.37. The maximum atomic E-state index is 9.56. The molecule has 116 valence electrons. The number of β-amino-alcohol motifs (C(OH)–C–C–N with tert-alkyl or cyclic N) is 1. The maximum Gasteiger partial charge on any atom is 0.0639 e. The third-order valence-corrected chi connectivity index (χ3v) is 5.16. The van der Waals surface area contributed by atoms with E-state index in [0.717, 1.165) is 38.0 Å². The van der Waals surface area contributed by atoms with Gasteiger partial charge in [0.2, 0.25) is 0 Å². The molecule has 2 aliphatic rings. The molecule has 1 saturated heterocycles. The first-order valence-electron chi connectivity index (χ1n) is 8.28. The summed E-state index contributed by atoms with van der Waals surface area (Å²) in [6, 6.07) is 0.557. The van der Waals surface area contributed by atoms with E-state index in [1.165, 1.54) is 19.4 Å². The van der Waals surface area contributed by atoms with E-state index in [2.05, 4.69) is 36.6 Å². The predicted molar refractivity (Wildman–Crippen MR) is 84.8 cm³/mol. The van der Waals surface area contributed by atoms with E-state index in [4.69, 9.17) is 0 Å². The molecule has 0 spiro atoms. The van der Waals surface area contributed by atoms with Gasteiger partial charge in [0.1, 0.15) is 0 Å². The lowest BCUT2D eigenvalue weighted by molar-refractivity contribution is 0.0376. The lowest BCUT2D eigenvalue weighted by atomic mass is 9.79. The van der Waals surface area contributed by atoms with Crippen molar-refractivity contribution in [3.63, 3.8) is 0 Å². The summed E-state index contributed by atoms with van der Waals surface area (Å²) >= 11 is 0. The summed E-state index contributed by atoms with van der Waals surface area (Å²) in [5, 5.41) is 9.56. The standard InChI is InChI=1S/C17H32N2O/c1-13-6-5-7-14(2)17(13)12-18-8-9-19(11-16(4)20)15(3)10-18/h6,14-17,20H,5,7-12H2,1-4H3. The summed E-state index contributed by atoms with van der Waals surface area (Å²) in [4.78, 5) is 5.06. The summed E-state index contributed by atoms with van der Waals surface area (Å²) in [6.07, 6.45) is 4.84. The van der Waals surface area contributed by atoms with Crippen LogP contribution in [-0.4, -0.2) is 59.8 Å². The van der Waals surface area contributed by atoms with Gasteiger partial charge in [0.15, 0.2) is 0 Å². The van der Waals surface area contributed by atoms with Gasteiger partial charge in [0.25, 0.3) is 0 Å². The SMILES string of the molecule is CC1=CCCC(C)C1CN1CCN(CC(C)O)C(C)C1. The Balaban J connectivity index is 1.86. The minimum atomic E-state index is -0.215. The second-order valence-corrected chi connectivity index (χ2v) is 7.06. The van der Waals surface area contributed by atoms with Crippen LogP contribution in [0.5, 0.6) is 0 Å². The lowest BCUT2D eigenvalue weighted by Gasteiger charge is -2.43. The van der Waals surface area contributed by atoms with Crippen molar-refractivity contribution in [2.75, 3.05) is 32.7 Å². The Bertz CT molecular complexity index is 340. The van der Waals surface area contributed by atoms with Gasteiger partial charge in [-0.05, 0) is 45.4 Å². The molecule has 1 N–H and O–H groups in total. The fourth-order valence-corrected chi connectivity index (χ4v) is 3.82. The molecule has 4 unspecified atom stereocenters. The Morgan fingerprint density at radius 2 is 2.10 bits per heavy atom. The Morgan fingerprint density at radius 3 is 2.70 bits per heavy atom. The monoisotopic (exact) mass is 280 g/mol. The van der Waals surface area contributed by atoms with E-state index in [1.54, 1.807) is 5.57 Å². The number of hydrogen-bond donors (Lipinski definition) is 1. The molecule has 0 aromatic rings. The van der Waals surface area contributed by atoms with E-state index in [1.807, 2.05) is 6.92 Å². The molecule has 1 aliphatic carbocycles. The van der Waals surface area contributed by atoms with Crippen molar-refractivity contribution in [1.82, 2.24) is 9.80 Å². The van der Waals surface area contributed by atoms with Gasteiger partial charge in [-0.25, -0.2) is 0 Å². The number of rotatable bonds is 4. The maximum absolute atomic E-state index is 9.56. The van der Waals surface area contributed by atoms with Crippen LogP contribution in [0.1, 0.15) is 40.5 Å². The zero-order valence-electron chi connectivity index (χ0n) is 13.7. The van der Waals surface area contributed by atoms with Gasteiger partial charge >= 0.3 is 0 Å². The number of piperazine rings is 1. The fraction of sp³-hybridized carbons (Fsp3) is 0.882. The van der Waals surface area contributed by atoms with Gasteiger partial charge in [0.05, 0.1) is 6.10 Å². The van der Waals surface area contributed by atoms with Crippen molar-refractivity contribution < 1.29 is 5.11 Å². The number of aliphatic hydroxyl groups is 1. The van der Waals surface area contributed by atoms with Gasteiger partial charge in [-0.15, -0.1) is 0 Å². The highest BCUT2D eigenvalue weighted by Gasteiger charge is 2.29. The number of nitrogens with zero attached hydrogens (tertiary/aromatic N) is 2. The van der Waals surface area contributed by atoms with Gasteiger partial charge in [-0.3, -0.25) is 9.80 Å². The average Bonchev–Trinajstić information content (AvgIpc) is 2.37. The largest absolute Gasteiger partial charge is 0.392 e. The first-order chi connectivity index (χ1) is 9.47. The molecule has 0 saturated carbocycles. The zero-order valence-corrected chi connectivity index (χ0v) is 13.7. The van der Waals surface area contributed by atoms with Crippen LogP contribution in [0.15, 0.2) is 11.6 Å². The number of allylic oxidation sites excluding steroid dienone is 1. The number of aliphatic hydroxyl groups excluding tert-OH is 1. The highest BCUT2D eigenvalue weighted by Crippen LogP contribution is 2.31.